The van der Waals surface area contributed by atoms with E-state index in [-0.39, 0.29) is 0 Å². The second-order valence-electron chi connectivity index (χ2n) is 3.11. The van der Waals surface area contributed by atoms with E-state index in [1.807, 2.05) is 6.07 Å². The highest BCUT2D eigenvalue weighted by Gasteiger charge is 2.23. The molecule has 0 spiro atoms. The largest absolute Gasteiger partial charge is 0.359 e. The van der Waals surface area contributed by atoms with Gasteiger partial charge in [-0.25, -0.2) is 0 Å². The smallest absolute Gasteiger partial charge is 0.119 e. The highest BCUT2D eigenvalue weighted by atomic mass is 79.9. The maximum Gasteiger partial charge on any atom is 0.119 e. The van der Waals surface area contributed by atoms with Gasteiger partial charge in [0.25, 0.3) is 0 Å². The fraction of sp³-hybridized carbons (Fsp3) is 0.400. The summed E-state index contributed by atoms with van der Waals surface area (Å²) in [4.78, 5) is 2.27. The average molecular weight is 242 g/mol. The Balaban J connectivity index is 2.16. The van der Waals surface area contributed by atoms with E-state index in [1.165, 1.54) is 5.69 Å². The zero-order chi connectivity index (χ0) is 9.10. The quantitative estimate of drug-likeness (QED) is 0.737. The van der Waals surface area contributed by atoms with Gasteiger partial charge in [0.15, 0.2) is 0 Å². The van der Waals surface area contributed by atoms with Crippen molar-refractivity contribution in [1.29, 1.82) is 0 Å². The number of hydrogen-bond acceptors (Lipinski definition) is 2. The first-order chi connectivity index (χ1) is 6.42. The predicted octanol–water partition coefficient (Wildman–Crippen LogP) is 2.24. The summed E-state index contributed by atoms with van der Waals surface area (Å²) in [6, 6.07) is 10.8. The van der Waals surface area contributed by atoms with Gasteiger partial charge in [-0.15, -0.1) is 0 Å². The third-order valence-corrected chi connectivity index (χ3v) is 2.99. The minimum atomic E-state index is 0.474. The van der Waals surface area contributed by atoms with Crippen LogP contribution in [0, 0.1) is 0 Å². The van der Waals surface area contributed by atoms with Crippen molar-refractivity contribution >= 4 is 21.6 Å². The normalized spacial score (nSPS) is 22.2. The van der Waals surface area contributed by atoms with E-state index < -0.39 is 0 Å². The molecule has 0 radical (unpaired) electrons. The molecule has 1 atom stereocenters. The molecule has 13 heavy (non-hydrogen) atoms. The highest BCUT2D eigenvalue weighted by Crippen LogP contribution is 2.21. The molecule has 0 N–H and O–H groups in total. The fourth-order valence-corrected chi connectivity index (χ4v) is 2.05. The summed E-state index contributed by atoms with van der Waals surface area (Å²) in [6.07, 6.45) is 0. The van der Waals surface area contributed by atoms with E-state index in [0.717, 1.165) is 11.9 Å². The number of hydrogen-bond donors (Lipinski definition) is 0. The number of ether oxygens (including phenoxy) is 1. The van der Waals surface area contributed by atoms with Crippen LogP contribution in [0.2, 0.25) is 0 Å². The molecule has 2 nitrogen and oxygen atoms in total. The molecule has 0 saturated carbocycles. The van der Waals surface area contributed by atoms with Gasteiger partial charge in [0.05, 0.1) is 12.6 Å². The van der Waals surface area contributed by atoms with Crippen LogP contribution in [0.25, 0.3) is 0 Å². The molecule has 0 amide bonds. The lowest BCUT2D eigenvalue weighted by atomic mass is 10.2. The Morgan fingerprint density at radius 1 is 1.38 bits per heavy atom. The van der Waals surface area contributed by atoms with Gasteiger partial charge in [0.1, 0.15) is 6.73 Å². The van der Waals surface area contributed by atoms with Crippen molar-refractivity contribution in [2.24, 2.45) is 0 Å². The van der Waals surface area contributed by atoms with Gasteiger partial charge in [0, 0.05) is 11.0 Å². The molecule has 1 heterocycles. The molecule has 1 aliphatic rings. The Morgan fingerprint density at radius 3 is 2.85 bits per heavy atom. The van der Waals surface area contributed by atoms with Crippen LogP contribution in [-0.4, -0.2) is 24.7 Å². The minimum Gasteiger partial charge on any atom is -0.359 e. The molecule has 1 unspecified atom stereocenters. The minimum absolute atomic E-state index is 0.474. The Bertz CT molecular complexity index is 265. The molecule has 1 aromatic rings. The molecule has 3 heteroatoms. The SMILES string of the molecule is BrCC1COCN1c1ccccc1. The summed E-state index contributed by atoms with van der Waals surface area (Å²) >= 11 is 3.49. The van der Waals surface area contributed by atoms with Crippen molar-refractivity contribution in [3.8, 4) is 0 Å². The molecule has 0 bridgehead atoms. The first-order valence-electron chi connectivity index (χ1n) is 4.37. The number of halogens is 1. The van der Waals surface area contributed by atoms with Crippen LogP contribution in [0.1, 0.15) is 0 Å². The maximum absolute atomic E-state index is 5.41. The van der Waals surface area contributed by atoms with E-state index in [0.29, 0.717) is 12.8 Å². The van der Waals surface area contributed by atoms with Crippen LogP contribution in [-0.2, 0) is 4.74 Å². The zero-order valence-corrected chi connectivity index (χ0v) is 8.90. The molecule has 70 valence electrons. The zero-order valence-electron chi connectivity index (χ0n) is 7.32. The lowest BCUT2D eigenvalue weighted by Crippen LogP contribution is -2.31. The Morgan fingerprint density at radius 2 is 2.15 bits per heavy atom. The summed E-state index contributed by atoms with van der Waals surface area (Å²) in [7, 11) is 0. The monoisotopic (exact) mass is 241 g/mol. The van der Waals surface area contributed by atoms with Gasteiger partial charge in [-0.2, -0.15) is 0 Å². The van der Waals surface area contributed by atoms with Gasteiger partial charge in [-0.1, -0.05) is 34.1 Å². The van der Waals surface area contributed by atoms with E-state index in [4.69, 9.17) is 4.74 Å². The third-order valence-electron chi connectivity index (χ3n) is 2.25. The van der Waals surface area contributed by atoms with Crippen molar-refractivity contribution in [2.45, 2.75) is 6.04 Å². The van der Waals surface area contributed by atoms with E-state index in [2.05, 4.69) is 45.1 Å². The average Bonchev–Trinajstić information content (AvgIpc) is 2.67. The molecule has 0 aromatic heterocycles. The summed E-state index contributed by atoms with van der Waals surface area (Å²) in [5.74, 6) is 0. The Kier molecular flexibility index (Phi) is 2.86. The third kappa shape index (κ3) is 1.86. The predicted molar refractivity (Wildman–Crippen MR) is 57.3 cm³/mol. The van der Waals surface area contributed by atoms with Crippen molar-refractivity contribution in [3.63, 3.8) is 0 Å². The number of alkyl halides is 1. The fourth-order valence-electron chi connectivity index (χ4n) is 1.52. The molecule has 0 aliphatic carbocycles. The number of anilines is 1. The van der Waals surface area contributed by atoms with E-state index >= 15 is 0 Å². The number of nitrogens with zero attached hydrogens (tertiary/aromatic N) is 1. The molecule has 1 saturated heterocycles. The van der Waals surface area contributed by atoms with Gasteiger partial charge in [0.2, 0.25) is 0 Å². The standard InChI is InChI=1S/C10H12BrNO/c11-6-10-7-13-8-12(10)9-4-2-1-3-5-9/h1-5,10H,6-8H2. The molecular weight excluding hydrogens is 230 g/mol. The van der Waals surface area contributed by atoms with Crippen molar-refractivity contribution in [2.75, 3.05) is 23.6 Å². The Hall–Kier alpha value is -0.540. The number of para-hydroxylation sites is 1. The number of benzene rings is 1. The van der Waals surface area contributed by atoms with E-state index in [9.17, 15) is 0 Å². The lowest BCUT2D eigenvalue weighted by Gasteiger charge is -2.22. The van der Waals surface area contributed by atoms with Crippen LogP contribution in [0.5, 0.6) is 0 Å². The van der Waals surface area contributed by atoms with Gasteiger partial charge in [-0.3, -0.25) is 0 Å². The van der Waals surface area contributed by atoms with Crippen molar-refractivity contribution in [1.82, 2.24) is 0 Å². The van der Waals surface area contributed by atoms with Crippen molar-refractivity contribution < 1.29 is 4.74 Å². The molecular formula is C10H12BrNO. The highest BCUT2D eigenvalue weighted by molar-refractivity contribution is 9.09. The van der Waals surface area contributed by atoms with Gasteiger partial charge < -0.3 is 9.64 Å². The second-order valence-corrected chi connectivity index (χ2v) is 3.76. The van der Waals surface area contributed by atoms with Crippen LogP contribution >= 0.6 is 15.9 Å². The van der Waals surface area contributed by atoms with Crippen LogP contribution in [0.3, 0.4) is 0 Å². The maximum atomic E-state index is 5.41. The lowest BCUT2D eigenvalue weighted by molar-refractivity contribution is 0.195. The van der Waals surface area contributed by atoms with Gasteiger partial charge >= 0.3 is 0 Å². The summed E-state index contributed by atoms with van der Waals surface area (Å²) < 4.78 is 5.41. The molecule has 1 aromatic carbocycles. The number of rotatable bonds is 2. The molecule has 2 rings (SSSR count). The molecule has 1 fully saturated rings. The first-order valence-corrected chi connectivity index (χ1v) is 5.49. The summed E-state index contributed by atoms with van der Waals surface area (Å²) in [5, 5.41) is 0.960. The summed E-state index contributed by atoms with van der Waals surface area (Å²) in [6.45, 7) is 1.53. The topological polar surface area (TPSA) is 12.5 Å². The summed E-state index contributed by atoms with van der Waals surface area (Å²) in [5.41, 5.74) is 1.24. The molecule has 1 aliphatic heterocycles. The van der Waals surface area contributed by atoms with Crippen LogP contribution in [0.15, 0.2) is 30.3 Å². The first kappa shape index (κ1) is 9.03. The van der Waals surface area contributed by atoms with E-state index in [1.54, 1.807) is 0 Å². The van der Waals surface area contributed by atoms with Gasteiger partial charge in [-0.05, 0) is 12.1 Å². The Labute approximate surface area is 86.6 Å². The van der Waals surface area contributed by atoms with Crippen molar-refractivity contribution in [3.05, 3.63) is 30.3 Å². The van der Waals surface area contributed by atoms with Crippen LogP contribution < -0.4 is 4.90 Å². The second kappa shape index (κ2) is 4.11. The van der Waals surface area contributed by atoms with Crippen LogP contribution in [0.4, 0.5) is 5.69 Å².